The molecule has 14 heteroatoms. The van der Waals surface area contributed by atoms with E-state index >= 15 is 0 Å². The van der Waals surface area contributed by atoms with Crippen LogP contribution < -0.4 is 16.0 Å². The first-order valence-electron chi connectivity index (χ1n) is 11.7. The Kier molecular flexibility index (Phi) is 9.03. The monoisotopic (exact) mass is 565 g/mol. The molecule has 2 aliphatic heterocycles. The van der Waals surface area contributed by atoms with Crippen LogP contribution in [0.3, 0.4) is 0 Å². The summed E-state index contributed by atoms with van der Waals surface area (Å²) < 4.78 is 4.98. The maximum atomic E-state index is 13.2. The molecule has 0 aliphatic carbocycles. The first-order chi connectivity index (χ1) is 17.7. The number of hydrogen-bond acceptors (Lipinski definition) is 9. The van der Waals surface area contributed by atoms with Crippen LogP contribution in [0.25, 0.3) is 0 Å². The Hall–Kier alpha value is -2.71. The molecule has 11 nitrogen and oxygen atoms in total. The van der Waals surface area contributed by atoms with Gasteiger partial charge in [0, 0.05) is 50.8 Å². The van der Waals surface area contributed by atoms with Crippen LogP contribution in [0, 0.1) is 0 Å². The van der Waals surface area contributed by atoms with Crippen molar-refractivity contribution in [2.45, 2.75) is 31.5 Å². The van der Waals surface area contributed by atoms with Gasteiger partial charge in [-0.2, -0.15) is 0 Å². The van der Waals surface area contributed by atoms with Gasteiger partial charge in [-0.3, -0.25) is 14.4 Å². The summed E-state index contributed by atoms with van der Waals surface area (Å²) in [6.45, 7) is 2.20. The van der Waals surface area contributed by atoms with Crippen molar-refractivity contribution in [1.29, 1.82) is 0 Å². The zero-order chi connectivity index (χ0) is 26.5. The van der Waals surface area contributed by atoms with Crippen molar-refractivity contribution in [2.75, 3.05) is 45.7 Å². The molecule has 3 N–H and O–H groups in total. The highest BCUT2D eigenvalue weighted by atomic mass is 35.5. The van der Waals surface area contributed by atoms with Gasteiger partial charge in [0.25, 0.3) is 11.8 Å². The van der Waals surface area contributed by atoms with E-state index in [1.807, 2.05) is 7.05 Å². The number of nitrogens with one attached hydrogen (secondary N) is 3. The summed E-state index contributed by atoms with van der Waals surface area (Å²) in [5.41, 5.74) is 0.950. The van der Waals surface area contributed by atoms with Crippen LogP contribution in [0.2, 0.25) is 5.02 Å². The van der Waals surface area contributed by atoms with Crippen molar-refractivity contribution < 1.29 is 19.1 Å². The molecule has 0 saturated carbocycles. The summed E-state index contributed by atoms with van der Waals surface area (Å²) in [7, 11) is 3.49. The normalized spacial score (nSPS) is 19.6. The number of amides is 3. The van der Waals surface area contributed by atoms with E-state index in [-0.39, 0.29) is 30.0 Å². The average molecular weight is 566 g/mol. The van der Waals surface area contributed by atoms with E-state index in [9.17, 15) is 14.4 Å². The first kappa shape index (κ1) is 27.3. The number of carbonyl (C=O) groups is 3. The molecule has 2 atom stereocenters. The molecule has 0 aromatic carbocycles. The average Bonchev–Trinajstić information content (AvgIpc) is 3.30. The Bertz CT molecular complexity index is 1180. The Labute approximate surface area is 228 Å². The molecule has 0 bridgehead atoms. The number of aromatic nitrogens is 2. The van der Waals surface area contributed by atoms with E-state index < -0.39 is 18.0 Å². The number of thiocarbonyl (C=S) groups is 1. The highest BCUT2D eigenvalue weighted by molar-refractivity contribution is 7.82. The fourth-order valence-corrected chi connectivity index (χ4v) is 5.59. The van der Waals surface area contributed by atoms with Gasteiger partial charge in [0.05, 0.1) is 22.8 Å². The Morgan fingerprint density at radius 2 is 2.05 bits per heavy atom. The highest BCUT2D eigenvalue weighted by Crippen LogP contribution is 2.25. The molecule has 2 aromatic heterocycles. The van der Waals surface area contributed by atoms with Crippen LogP contribution in [0.15, 0.2) is 18.3 Å². The summed E-state index contributed by atoms with van der Waals surface area (Å²) in [5, 5.41) is 9.50. The third-order valence-corrected chi connectivity index (χ3v) is 7.75. The second kappa shape index (κ2) is 12.2. The Morgan fingerprint density at radius 1 is 1.24 bits per heavy atom. The number of halogens is 1. The van der Waals surface area contributed by atoms with Gasteiger partial charge in [-0.05, 0) is 25.6 Å². The van der Waals surface area contributed by atoms with Crippen molar-refractivity contribution >= 4 is 63.7 Å². The minimum absolute atomic E-state index is 0.0630. The lowest BCUT2D eigenvalue weighted by atomic mass is 9.98. The van der Waals surface area contributed by atoms with Crippen LogP contribution in [-0.4, -0.2) is 95.0 Å². The number of ether oxygens (including phenoxy) is 1. The number of anilines is 1. The van der Waals surface area contributed by atoms with E-state index in [4.69, 9.17) is 28.6 Å². The van der Waals surface area contributed by atoms with Crippen LogP contribution in [0.5, 0.6) is 0 Å². The van der Waals surface area contributed by atoms with Crippen molar-refractivity contribution in [1.82, 2.24) is 30.4 Å². The van der Waals surface area contributed by atoms with Crippen molar-refractivity contribution in [3.63, 3.8) is 0 Å². The summed E-state index contributed by atoms with van der Waals surface area (Å²) in [4.78, 5) is 51.9. The Morgan fingerprint density at radius 3 is 2.78 bits per heavy atom. The maximum absolute atomic E-state index is 13.2. The SMILES string of the molecule is COCC(=O)N1CC[C@H](NC(=O)C(=S)Nc2ccc(Cl)cn2)[C@H](NC(=O)c2nc3c(s2)CN(C)CC3)C1. The highest BCUT2D eigenvalue weighted by Gasteiger charge is 2.35. The fraction of sp³-hybridized carbons (Fsp3) is 0.478. The molecule has 2 aliphatic rings. The molecule has 3 amide bonds. The topological polar surface area (TPSA) is 129 Å². The van der Waals surface area contributed by atoms with Crippen LogP contribution in [0.1, 0.15) is 26.8 Å². The van der Waals surface area contributed by atoms with Gasteiger partial charge in [0.2, 0.25) is 5.91 Å². The number of methoxy groups -OCH3 is 1. The molecular formula is C23H28ClN7O4S2. The van der Waals surface area contributed by atoms with E-state index in [1.165, 1.54) is 24.6 Å². The third kappa shape index (κ3) is 6.99. The van der Waals surface area contributed by atoms with Crippen LogP contribution in [-0.2, 0) is 27.3 Å². The Balaban J connectivity index is 1.44. The molecule has 4 heterocycles. The second-order valence-electron chi connectivity index (χ2n) is 8.91. The minimum atomic E-state index is -0.550. The quantitative estimate of drug-likeness (QED) is 0.441. The number of fused-ring (bicyclic) bond motifs is 1. The predicted molar refractivity (Wildman–Crippen MR) is 144 cm³/mol. The lowest BCUT2D eigenvalue weighted by molar-refractivity contribution is -0.136. The summed E-state index contributed by atoms with van der Waals surface area (Å²) in [6, 6.07) is 2.23. The van der Waals surface area contributed by atoms with E-state index in [1.54, 1.807) is 17.0 Å². The molecule has 37 heavy (non-hydrogen) atoms. The number of likely N-dealkylation sites (tertiary alicyclic amines) is 1. The molecule has 0 spiro atoms. The summed E-state index contributed by atoms with van der Waals surface area (Å²) in [5.74, 6) is -0.656. The fourth-order valence-electron chi connectivity index (χ4n) is 4.22. The number of pyridine rings is 1. The second-order valence-corrected chi connectivity index (χ2v) is 10.8. The number of piperidine rings is 1. The molecule has 4 rings (SSSR count). The van der Waals surface area contributed by atoms with Crippen LogP contribution >= 0.6 is 35.2 Å². The number of carbonyl (C=O) groups excluding carboxylic acids is 3. The van der Waals surface area contributed by atoms with E-state index in [0.717, 1.165) is 30.1 Å². The smallest absolute Gasteiger partial charge is 0.280 e. The van der Waals surface area contributed by atoms with E-state index in [0.29, 0.717) is 28.8 Å². The molecular weight excluding hydrogens is 538 g/mol. The zero-order valence-corrected chi connectivity index (χ0v) is 22.8. The number of likely N-dealkylation sites (N-methyl/N-ethyl adjacent to an activating group) is 1. The van der Waals surface area contributed by atoms with E-state index in [2.05, 4.69) is 30.8 Å². The first-order valence-corrected chi connectivity index (χ1v) is 13.3. The maximum Gasteiger partial charge on any atom is 0.280 e. The van der Waals surface area contributed by atoms with Crippen molar-refractivity contribution in [3.8, 4) is 0 Å². The summed E-state index contributed by atoms with van der Waals surface area (Å²) in [6.07, 6.45) is 2.66. The number of thiazole rings is 1. The van der Waals surface area contributed by atoms with Gasteiger partial charge in [-0.15, -0.1) is 11.3 Å². The molecule has 1 saturated heterocycles. The molecule has 0 unspecified atom stereocenters. The van der Waals surface area contributed by atoms with Gasteiger partial charge in [0.1, 0.15) is 12.4 Å². The predicted octanol–water partition coefficient (Wildman–Crippen LogP) is 1.08. The number of rotatable bonds is 6. The van der Waals surface area contributed by atoms with Crippen molar-refractivity contribution in [3.05, 3.63) is 38.9 Å². The number of hydrogen-bond donors (Lipinski definition) is 3. The van der Waals surface area contributed by atoms with Crippen molar-refractivity contribution in [2.24, 2.45) is 0 Å². The van der Waals surface area contributed by atoms with Gasteiger partial charge < -0.3 is 30.5 Å². The molecule has 2 aromatic rings. The minimum Gasteiger partial charge on any atom is -0.375 e. The zero-order valence-electron chi connectivity index (χ0n) is 20.5. The molecule has 1 fully saturated rings. The van der Waals surface area contributed by atoms with Gasteiger partial charge in [-0.1, -0.05) is 23.8 Å². The number of nitrogens with zero attached hydrogens (tertiary/aromatic N) is 4. The third-order valence-electron chi connectivity index (χ3n) is 6.16. The van der Waals surface area contributed by atoms with Crippen LogP contribution in [0.4, 0.5) is 5.82 Å². The van der Waals surface area contributed by atoms with Gasteiger partial charge in [0.15, 0.2) is 10.00 Å². The summed E-state index contributed by atoms with van der Waals surface area (Å²) >= 11 is 12.5. The van der Waals surface area contributed by atoms with Gasteiger partial charge >= 0.3 is 0 Å². The van der Waals surface area contributed by atoms with Gasteiger partial charge in [-0.25, -0.2) is 9.97 Å². The standard InChI is InChI=1S/C23H28ClN7O4S2/c1-30-7-5-15-17(11-30)37-23(28-15)21(34)27-16-10-31(19(32)12-35-2)8-6-14(16)26-20(33)22(36)29-18-4-3-13(24)9-25-18/h3-4,9,14,16H,5-8,10-12H2,1-2H3,(H,26,33)(H,27,34)(H,25,29,36)/t14-,16+/m0/s1. The molecule has 198 valence electrons. The molecule has 0 radical (unpaired) electrons. The largest absolute Gasteiger partial charge is 0.375 e. The lowest BCUT2D eigenvalue weighted by Gasteiger charge is -2.39. The lowest BCUT2D eigenvalue weighted by Crippen LogP contribution is -2.62.